The highest BCUT2D eigenvalue weighted by atomic mass is 15.2. The molecule has 0 atom stereocenters. The van der Waals surface area contributed by atoms with E-state index in [4.69, 9.17) is 0 Å². The lowest BCUT2D eigenvalue weighted by molar-refractivity contribution is 0.907. The minimum atomic E-state index is 0.830. The molecule has 2 rings (SSSR count). The van der Waals surface area contributed by atoms with E-state index in [2.05, 4.69) is 65.2 Å². The molecular formula is C17H24N4. The summed E-state index contributed by atoms with van der Waals surface area (Å²) in [5.74, 6) is 2.69. The van der Waals surface area contributed by atoms with Gasteiger partial charge in [-0.05, 0) is 25.0 Å². The van der Waals surface area contributed by atoms with Crippen molar-refractivity contribution in [3.8, 4) is 0 Å². The molecule has 0 aliphatic heterocycles. The van der Waals surface area contributed by atoms with Crippen molar-refractivity contribution < 1.29 is 0 Å². The molecular weight excluding hydrogens is 260 g/mol. The van der Waals surface area contributed by atoms with Crippen LogP contribution in [-0.4, -0.2) is 23.6 Å². The number of hydrogen-bond donors (Lipinski definition) is 1. The minimum absolute atomic E-state index is 0.830. The first-order chi connectivity index (χ1) is 10.2. The van der Waals surface area contributed by atoms with Crippen molar-refractivity contribution in [3.63, 3.8) is 0 Å². The zero-order chi connectivity index (χ0) is 15.2. The standard InChI is InChI=1S/C17H24N4/c1-5-11-18-16-12-17(20-15(6-2)19-16)21(4)14-10-8-7-9-13(14)3/h7-10,12H,5-6,11H2,1-4H3,(H,18,19,20). The van der Waals surface area contributed by atoms with Crippen LogP contribution < -0.4 is 10.2 Å². The molecule has 0 saturated carbocycles. The van der Waals surface area contributed by atoms with Crippen LogP contribution in [0.5, 0.6) is 0 Å². The van der Waals surface area contributed by atoms with Crippen molar-refractivity contribution in [2.45, 2.75) is 33.6 Å². The van der Waals surface area contributed by atoms with Crippen LogP contribution in [0.15, 0.2) is 30.3 Å². The number of nitrogens with one attached hydrogen (secondary N) is 1. The topological polar surface area (TPSA) is 41.0 Å². The van der Waals surface area contributed by atoms with Gasteiger partial charge in [0.2, 0.25) is 0 Å². The molecule has 0 aliphatic carbocycles. The Balaban J connectivity index is 2.35. The highest BCUT2D eigenvalue weighted by Crippen LogP contribution is 2.26. The van der Waals surface area contributed by atoms with Gasteiger partial charge < -0.3 is 10.2 Å². The van der Waals surface area contributed by atoms with E-state index in [1.807, 2.05) is 13.1 Å². The van der Waals surface area contributed by atoms with Gasteiger partial charge in [0, 0.05) is 31.8 Å². The predicted octanol–water partition coefficient (Wildman–Crippen LogP) is 3.94. The number of anilines is 3. The average molecular weight is 284 g/mol. The molecule has 0 aliphatic rings. The maximum Gasteiger partial charge on any atom is 0.138 e. The van der Waals surface area contributed by atoms with Crippen LogP contribution in [-0.2, 0) is 6.42 Å². The van der Waals surface area contributed by atoms with E-state index in [1.165, 1.54) is 11.3 Å². The molecule has 1 aromatic carbocycles. The minimum Gasteiger partial charge on any atom is -0.370 e. The fraction of sp³-hybridized carbons (Fsp3) is 0.412. The monoisotopic (exact) mass is 284 g/mol. The molecule has 0 saturated heterocycles. The molecule has 112 valence electrons. The van der Waals surface area contributed by atoms with Crippen LogP contribution in [0.2, 0.25) is 0 Å². The Bertz CT molecular complexity index is 595. The largest absolute Gasteiger partial charge is 0.370 e. The molecule has 1 aromatic heterocycles. The third-order valence-corrected chi connectivity index (χ3v) is 3.45. The lowest BCUT2D eigenvalue weighted by Gasteiger charge is -2.21. The van der Waals surface area contributed by atoms with E-state index in [0.29, 0.717) is 0 Å². The number of hydrogen-bond acceptors (Lipinski definition) is 4. The zero-order valence-corrected chi connectivity index (χ0v) is 13.3. The van der Waals surface area contributed by atoms with Crippen LogP contribution >= 0.6 is 0 Å². The second-order valence-corrected chi connectivity index (χ2v) is 5.15. The van der Waals surface area contributed by atoms with Crippen molar-refractivity contribution in [1.82, 2.24) is 9.97 Å². The maximum atomic E-state index is 4.65. The Kier molecular flexibility index (Phi) is 5.14. The van der Waals surface area contributed by atoms with Gasteiger partial charge in [0.15, 0.2) is 0 Å². The highest BCUT2D eigenvalue weighted by Gasteiger charge is 2.11. The average Bonchev–Trinajstić information content (AvgIpc) is 2.52. The van der Waals surface area contributed by atoms with E-state index in [1.54, 1.807) is 0 Å². The summed E-state index contributed by atoms with van der Waals surface area (Å²) in [6.45, 7) is 7.27. The van der Waals surface area contributed by atoms with Crippen LogP contribution in [0, 0.1) is 6.92 Å². The Morgan fingerprint density at radius 2 is 1.90 bits per heavy atom. The van der Waals surface area contributed by atoms with Crippen molar-refractivity contribution >= 4 is 17.3 Å². The number of nitrogens with zero attached hydrogens (tertiary/aromatic N) is 3. The summed E-state index contributed by atoms with van der Waals surface area (Å²) >= 11 is 0. The summed E-state index contributed by atoms with van der Waals surface area (Å²) in [6, 6.07) is 10.4. The first kappa shape index (κ1) is 15.3. The molecule has 1 heterocycles. The summed E-state index contributed by atoms with van der Waals surface area (Å²) in [7, 11) is 2.05. The summed E-state index contributed by atoms with van der Waals surface area (Å²) in [5, 5.41) is 3.35. The van der Waals surface area contributed by atoms with Gasteiger partial charge in [0.05, 0.1) is 0 Å². The lowest BCUT2D eigenvalue weighted by Crippen LogP contribution is -2.15. The Morgan fingerprint density at radius 3 is 2.57 bits per heavy atom. The highest BCUT2D eigenvalue weighted by molar-refractivity contribution is 5.64. The predicted molar refractivity (Wildman–Crippen MR) is 89.4 cm³/mol. The fourth-order valence-corrected chi connectivity index (χ4v) is 2.22. The Labute approximate surface area is 127 Å². The summed E-state index contributed by atoms with van der Waals surface area (Å²) in [5.41, 5.74) is 2.40. The second-order valence-electron chi connectivity index (χ2n) is 5.15. The molecule has 1 N–H and O–H groups in total. The number of aryl methyl sites for hydroxylation is 2. The smallest absolute Gasteiger partial charge is 0.138 e. The zero-order valence-electron chi connectivity index (χ0n) is 13.3. The van der Waals surface area contributed by atoms with E-state index in [0.717, 1.165) is 36.8 Å². The van der Waals surface area contributed by atoms with Crippen molar-refractivity contribution in [2.24, 2.45) is 0 Å². The van der Waals surface area contributed by atoms with Gasteiger partial charge in [-0.25, -0.2) is 9.97 Å². The SMILES string of the molecule is CCCNc1cc(N(C)c2ccccc2C)nc(CC)n1. The van der Waals surface area contributed by atoms with Gasteiger partial charge >= 0.3 is 0 Å². The molecule has 4 nitrogen and oxygen atoms in total. The van der Waals surface area contributed by atoms with Gasteiger partial charge in [0.1, 0.15) is 17.5 Å². The number of para-hydroxylation sites is 1. The van der Waals surface area contributed by atoms with Gasteiger partial charge in [-0.3, -0.25) is 0 Å². The third-order valence-electron chi connectivity index (χ3n) is 3.45. The molecule has 2 aromatic rings. The molecule has 0 amide bonds. The molecule has 4 heteroatoms. The van der Waals surface area contributed by atoms with Crippen LogP contribution in [0.3, 0.4) is 0 Å². The molecule has 0 unspecified atom stereocenters. The molecule has 0 bridgehead atoms. The van der Waals surface area contributed by atoms with E-state index < -0.39 is 0 Å². The van der Waals surface area contributed by atoms with Crippen molar-refractivity contribution in [3.05, 3.63) is 41.7 Å². The van der Waals surface area contributed by atoms with Gasteiger partial charge in [0.25, 0.3) is 0 Å². The molecule has 0 fully saturated rings. The Morgan fingerprint density at radius 1 is 1.14 bits per heavy atom. The van der Waals surface area contributed by atoms with E-state index in [9.17, 15) is 0 Å². The summed E-state index contributed by atoms with van der Waals surface area (Å²) < 4.78 is 0. The van der Waals surface area contributed by atoms with Gasteiger partial charge in [-0.2, -0.15) is 0 Å². The van der Waals surface area contributed by atoms with E-state index in [-0.39, 0.29) is 0 Å². The second kappa shape index (κ2) is 7.07. The van der Waals surface area contributed by atoms with Crippen LogP contribution in [0.4, 0.5) is 17.3 Å². The van der Waals surface area contributed by atoms with Gasteiger partial charge in [-0.15, -0.1) is 0 Å². The summed E-state index contributed by atoms with van der Waals surface area (Å²) in [6.07, 6.45) is 1.91. The quantitative estimate of drug-likeness (QED) is 0.872. The molecule has 0 spiro atoms. The Hall–Kier alpha value is -2.10. The first-order valence-electron chi connectivity index (χ1n) is 7.56. The van der Waals surface area contributed by atoms with Crippen molar-refractivity contribution in [1.29, 1.82) is 0 Å². The van der Waals surface area contributed by atoms with E-state index >= 15 is 0 Å². The molecule has 21 heavy (non-hydrogen) atoms. The first-order valence-corrected chi connectivity index (χ1v) is 7.56. The number of rotatable bonds is 6. The number of benzene rings is 1. The summed E-state index contributed by atoms with van der Waals surface area (Å²) in [4.78, 5) is 11.3. The van der Waals surface area contributed by atoms with Gasteiger partial charge in [-0.1, -0.05) is 32.0 Å². The molecule has 0 radical (unpaired) electrons. The normalized spacial score (nSPS) is 10.5. The van der Waals surface area contributed by atoms with Crippen molar-refractivity contribution in [2.75, 3.05) is 23.8 Å². The third kappa shape index (κ3) is 3.72. The maximum absolute atomic E-state index is 4.65. The van der Waals surface area contributed by atoms with Crippen LogP contribution in [0.1, 0.15) is 31.7 Å². The number of aromatic nitrogens is 2. The fourth-order valence-electron chi connectivity index (χ4n) is 2.22. The van der Waals surface area contributed by atoms with Crippen LogP contribution in [0.25, 0.3) is 0 Å². The lowest BCUT2D eigenvalue weighted by atomic mass is 10.2.